The van der Waals surface area contributed by atoms with Crippen molar-refractivity contribution < 1.29 is 14.1 Å². The number of nitrogens with zero attached hydrogens (tertiary/aromatic N) is 1. The van der Waals surface area contributed by atoms with E-state index in [1.54, 1.807) is 0 Å². The summed E-state index contributed by atoms with van der Waals surface area (Å²) in [4.78, 5) is 20.7. The number of carbonyl (C=O) groups is 1. The van der Waals surface area contributed by atoms with Gasteiger partial charge in [-0.2, -0.15) is 0 Å². The van der Waals surface area contributed by atoms with E-state index in [9.17, 15) is 19.3 Å². The number of hydrogen-bond donors (Lipinski definition) is 1. The average Bonchev–Trinajstić information content (AvgIpc) is 2.17. The maximum Gasteiger partial charge on any atom is 0.292 e. The number of anilines is 1. The molecule has 1 N–H and O–H groups in total. The second-order valence-electron chi connectivity index (χ2n) is 2.61. The second-order valence-corrected chi connectivity index (χ2v) is 2.61. The minimum atomic E-state index is -0.710. The van der Waals surface area contributed by atoms with Gasteiger partial charge in [-0.3, -0.25) is 14.9 Å². The standard InChI is InChI=1S/C9H7FN2O3/c1-2-9(13)11-7-5-6(10)3-4-8(7)12(14)15/h2-5H,1H2,(H,11,13). The third-order valence-electron chi connectivity index (χ3n) is 1.60. The van der Waals surface area contributed by atoms with Crippen molar-refractivity contribution in [3.05, 3.63) is 46.8 Å². The van der Waals surface area contributed by atoms with E-state index in [1.807, 2.05) is 0 Å². The van der Waals surface area contributed by atoms with Crippen LogP contribution in [0.4, 0.5) is 15.8 Å². The van der Waals surface area contributed by atoms with Crippen molar-refractivity contribution in [1.29, 1.82) is 0 Å². The molecule has 0 bridgehead atoms. The lowest BCUT2D eigenvalue weighted by Crippen LogP contribution is -2.09. The van der Waals surface area contributed by atoms with Gasteiger partial charge >= 0.3 is 0 Å². The summed E-state index contributed by atoms with van der Waals surface area (Å²) in [5.74, 6) is -1.30. The Hall–Kier alpha value is -2.24. The first-order valence-electron chi connectivity index (χ1n) is 3.92. The molecule has 0 saturated carbocycles. The van der Waals surface area contributed by atoms with E-state index in [0.29, 0.717) is 0 Å². The highest BCUT2D eigenvalue weighted by Crippen LogP contribution is 2.24. The summed E-state index contributed by atoms with van der Waals surface area (Å²) in [5.41, 5.74) is -0.559. The van der Waals surface area contributed by atoms with Crippen LogP contribution in [0, 0.1) is 15.9 Å². The average molecular weight is 210 g/mol. The predicted octanol–water partition coefficient (Wildman–Crippen LogP) is 1.86. The van der Waals surface area contributed by atoms with Crippen LogP contribution in [-0.2, 0) is 4.79 Å². The summed E-state index contributed by atoms with van der Waals surface area (Å²) >= 11 is 0. The van der Waals surface area contributed by atoms with Gasteiger partial charge in [-0.1, -0.05) is 6.58 Å². The number of halogens is 1. The molecule has 0 aliphatic carbocycles. The van der Waals surface area contributed by atoms with E-state index in [-0.39, 0.29) is 11.4 Å². The van der Waals surface area contributed by atoms with Gasteiger partial charge in [-0.15, -0.1) is 0 Å². The zero-order chi connectivity index (χ0) is 11.4. The van der Waals surface area contributed by atoms with E-state index < -0.39 is 16.6 Å². The molecule has 0 aromatic heterocycles. The number of hydrogen-bond acceptors (Lipinski definition) is 3. The van der Waals surface area contributed by atoms with Gasteiger partial charge < -0.3 is 5.32 Å². The van der Waals surface area contributed by atoms with Crippen molar-refractivity contribution in [1.82, 2.24) is 0 Å². The molecule has 0 fully saturated rings. The van der Waals surface area contributed by atoms with Crippen molar-refractivity contribution in [3.63, 3.8) is 0 Å². The van der Waals surface area contributed by atoms with E-state index in [2.05, 4.69) is 11.9 Å². The van der Waals surface area contributed by atoms with Crippen molar-refractivity contribution >= 4 is 17.3 Å². The lowest BCUT2D eigenvalue weighted by molar-refractivity contribution is -0.384. The van der Waals surface area contributed by atoms with E-state index >= 15 is 0 Å². The summed E-state index contributed by atoms with van der Waals surface area (Å²) in [7, 11) is 0. The molecule has 5 nitrogen and oxygen atoms in total. The zero-order valence-corrected chi connectivity index (χ0v) is 7.57. The van der Waals surface area contributed by atoms with Crippen molar-refractivity contribution in [2.75, 3.05) is 5.32 Å². The fourth-order valence-corrected chi connectivity index (χ4v) is 0.951. The minimum Gasteiger partial charge on any atom is -0.317 e. The summed E-state index contributed by atoms with van der Waals surface area (Å²) < 4.78 is 12.8. The number of nitro groups is 1. The molecule has 1 aromatic rings. The predicted molar refractivity (Wildman–Crippen MR) is 51.9 cm³/mol. The third kappa shape index (κ3) is 2.60. The molecular weight excluding hydrogens is 203 g/mol. The molecular formula is C9H7FN2O3. The number of carbonyl (C=O) groups excluding carboxylic acids is 1. The van der Waals surface area contributed by atoms with Gasteiger partial charge in [0.05, 0.1) is 4.92 Å². The number of nitro benzene ring substituents is 1. The second kappa shape index (κ2) is 4.32. The van der Waals surface area contributed by atoms with Gasteiger partial charge in [0.2, 0.25) is 5.91 Å². The molecule has 0 unspecified atom stereocenters. The lowest BCUT2D eigenvalue weighted by Gasteiger charge is -2.02. The van der Waals surface area contributed by atoms with Crippen LogP contribution in [0.3, 0.4) is 0 Å². The number of benzene rings is 1. The number of nitrogens with one attached hydrogen (secondary N) is 1. The van der Waals surface area contributed by atoms with Crippen LogP contribution in [-0.4, -0.2) is 10.8 Å². The van der Waals surface area contributed by atoms with Gasteiger partial charge in [0.1, 0.15) is 11.5 Å². The van der Waals surface area contributed by atoms with Crippen LogP contribution < -0.4 is 5.32 Å². The van der Waals surface area contributed by atoms with Gasteiger partial charge in [0, 0.05) is 12.1 Å². The largest absolute Gasteiger partial charge is 0.317 e. The van der Waals surface area contributed by atoms with E-state index in [1.165, 1.54) is 0 Å². The van der Waals surface area contributed by atoms with Crippen molar-refractivity contribution in [2.45, 2.75) is 0 Å². The molecule has 78 valence electrons. The summed E-state index contributed by atoms with van der Waals surface area (Å²) in [6.07, 6.45) is 0.939. The van der Waals surface area contributed by atoms with Crippen LogP contribution in [0.2, 0.25) is 0 Å². The first-order valence-corrected chi connectivity index (χ1v) is 3.92. The number of rotatable bonds is 3. The van der Waals surface area contributed by atoms with Crippen LogP contribution in [0.15, 0.2) is 30.9 Å². The molecule has 1 aromatic carbocycles. The zero-order valence-electron chi connectivity index (χ0n) is 7.57. The molecule has 1 rings (SSSR count). The first-order chi connectivity index (χ1) is 7.04. The lowest BCUT2D eigenvalue weighted by atomic mass is 10.2. The Morgan fingerprint density at radius 1 is 1.60 bits per heavy atom. The monoisotopic (exact) mass is 210 g/mol. The fourth-order valence-electron chi connectivity index (χ4n) is 0.951. The summed E-state index contributed by atoms with van der Waals surface area (Å²) in [6.45, 7) is 3.18. The minimum absolute atomic E-state index is 0.190. The molecule has 0 radical (unpaired) electrons. The molecule has 15 heavy (non-hydrogen) atoms. The maximum atomic E-state index is 12.8. The highest BCUT2D eigenvalue weighted by Gasteiger charge is 2.15. The Morgan fingerprint density at radius 3 is 2.80 bits per heavy atom. The Kier molecular flexibility index (Phi) is 3.12. The molecule has 0 saturated heterocycles. The van der Waals surface area contributed by atoms with Gasteiger partial charge in [-0.25, -0.2) is 4.39 Å². The van der Waals surface area contributed by atoms with Gasteiger partial charge in [0.15, 0.2) is 0 Å². The van der Waals surface area contributed by atoms with Crippen LogP contribution in [0.5, 0.6) is 0 Å². The highest BCUT2D eigenvalue weighted by molar-refractivity contribution is 6.00. The van der Waals surface area contributed by atoms with Crippen LogP contribution >= 0.6 is 0 Å². The molecule has 0 aliphatic heterocycles. The van der Waals surface area contributed by atoms with Crippen LogP contribution in [0.1, 0.15) is 0 Å². The Bertz CT molecular complexity index is 431. The molecule has 6 heteroatoms. The smallest absolute Gasteiger partial charge is 0.292 e. The molecule has 1 amide bonds. The van der Waals surface area contributed by atoms with E-state index in [4.69, 9.17) is 0 Å². The third-order valence-corrected chi connectivity index (χ3v) is 1.60. The SMILES string of the molecule is C=CC(=O)Nc1cc(F)ccc1[N+](=O)[O-]. The Labute approximate surface area is 84.4 Å². The summed E-state index contributed by atoms with van der Waals surface area (Å²) in [5, 5.41) is 12.7. The fraction of sp³-hybridized carbons (Fsp3) is 0. The van der Waals surface area contributed by atoms with Crippen molar-refractivity contribution in [2.24, 2.45) is 0 Å². The number of amides is 1. The highest BCUT2D eigenvalue weighted by atomic mass is 19.1. The van der Waals surface area contributed by atoms with Gasteiger partial charge in [0.25, 0.3) is 5.69 Å². The summed E-state index contributed by atoms with van der Waals surface area (Å²) in [6, 6.07) is 2.80. The van der Waals surface area contributed by atoms with Crippen molar-refractivity contribution in [3.8, 4) is 0 Å². The molecule has 0 heterocycles. The Balaban J connectivity index is 3.12. The molecule has 0 aliphatic rings. The topological polar surface area (TPSA) is 72.2 Å². The van der Waals surface area contributed by atoms with Gasteiger partial charge in [-0.05, 0) is 12.1 Å². The maximum absolute atomic E-state index is 12.8. The van der Waals surface area contributed by atoms with E-state index in [0.717, 1.165) is 24.3 Å². The van der Waals surface area contributed by atoms with Crippen LogP contribution in [0.25, 0.3) is 0 Å². The molecule has 0 spiro atoms. The quantitative estimate of drug-likeness (QED) is 0.470. The normalized spacial score (nSPS) is 9.40. The molecule has 0 atom stereocenters. The first kappa shape index (κ1) is 10.8. The Morgan fingerprint density at radius 2 is 2.27 bits per heavy atom.